The number of hydrogen-bond donors (Lipinski definition) is 0. The minimum atomic E-state index is -0.930. The molecular formula is C25H26Br2N2O7. The Balaban J connectivity index is 1.48. The molecule has 0 aromatic heterocycles. The molecule has 2 saturated carbocycles. The number of ether oxygens (including phenoxy) is 2. The second-order valence-corrected chi connectivity index (χ2v) is 11.0. The summed E-state index contributed by atoms with van der Waals surface area (Å²) in [7, 11) is 0. The van der Waals surface area contributed by atoms with Crippen LogP contribution >= 0.6 is 31.9 Å². The second kappa shape index (κ2) is 11.7. The molecule has 4 rings (SSSR count). The maximum absolute atomic E-state index is 12.5. The molecule has 2 aliphatic rings. The smallest absolute Gasteiger partial charge is 0.429 e. The van der Waals surface area contributed by atoms with Gasteiger partial charge in [-0.1, -0.05) is 25.7 Å². The van der Waals surface area contributed by atoms with Crippen LogP contribution in [0.4, 0.5) is 16.2 Å². The van der Waals surface area contributed by atoms with Crippen molar-refractivity contribution in [3.63, 3.8) is 0 Å². The third-order valence-corrected chi connectivity index (χ3v) is 8.36. The maximum Gasteiger partial charge on any atom is 0.508 e. The first-order valence-electron chi connectivity index (χ1n) is 12.0. The summed E-state index contributed by atoms with van der Waals surface area (Å²) in [6.07, 6.45) is 7.34. The summed E-state index contributed by atoms with van der Waals surface area (Å²) in [6.45, 7) is -0.316. The molecule has 0 atom stereocenters. The molecule has 0 amide bonds. The number of nitrogens with zero attached hydrogens (tertiary/aromatic N) is 2. The van der Waals surface area contributed by atoms with Crippen LogP contribution in [0.3, 0.4) is 0 Å². The van der Waals surface area contributed by atoms with Crippen molar-refractivity contribution in [3.05, 3.63) is 75.7 Å². The number of carbonyl (C=O) groups is 1. The number of nitro groups is 2. The molecule has 36 heavy (non-hydrogen) atoms. The van der Waals surface area contributed by atoms with Gasteiger partial charge in [0.1, 0.15) is 13.2 Å². The lowest BCUT2D eigenvalue weighted by atomic mass is 9.92. The number of carbonyl (C=O) groups excluding carboxylic acids is 1. The van der Waals surface area contributed by atoms with Crippen molar-refractivity contribution in [2.45, 2.75) is 76.4 Å². The van der Waals surface area contributed by atoms with Crippen molar-refractivity contribution in [2.24, 2.45) is 0 Å². The van der Waals surface area contributed by atoms with E-state index in [1.54, 1.807) is 12.1 Å². The second-order valence-electron chi connectivity index (χ2n) is 9.31. The quantitative estimate of drug-likeness (QED) is 0.165. The number of hydrogen-bond acceptors (Lipinski definition) is 7. The molecule has 0 unspecified atom stereocenters. The zero-order valence-corrected chi connectivity index (χ0v) is 22.7. The van der Waals surface area contributed by atoms with Crippen LogP contribution < -0.4 is 0 Å². The highest BCUT2D eigenvalue weighted by Gasteiger charge is 2.27. The van der Waals surface area contributed by atoms with Crippen LogP contribution in [-0.4, -0.2) is 16.0 Å². The Bertz CT molecular complexity index is 1090. The highest BCUT2D eigenvalue weighted by molar-refractivity contribution is 9.11. The normalized spacial score (nSPS) is 16.3. The highest BCUT2D eigenvalue weighted by atomic mass is 79.9. The predicted molar refractivity (Wildman–Crippen MR) is 139 cm³/mol. The van der Waals surface area contributed by atoms with Crippen molar-refractivity contribution in [2.75, 3.05) is 0 Å². The van der Waals surface area contributed by atoms with Gasteiger partial charge in [0.25, 0.3) is 11.4 Å². The molecule has 0 aliphatic heterocycles. The van der Waals surface area contributed by atoms with Crippen LogP contribution in [0.1, 0.15) is 85.5 Å². The van der Waals surface area contributed by atoms with Gasteiger partial charge in [-0.05, 0) is 104 Å². The van der Waals surface area contributed by atoms with Crippen LogP contribution in [-0.2, 0) is 22.7 Å². The summed E-state index contributed by atoms with van der Waals surface area (Å²) in [5, 5.41) is 22.9. The zero-order valence-electron chi connectivity index (χ0n) is 19.5. The molecule has 0 radical (unpaired) electrons. The Kier molecular flexibility index (Phi) is 8.61. The van der Waals surface area contributed by atoms with E-state index in [-0.39, 0.29) is 36.4 Å². The van der Waals surface area contributed by atoms with Gasteiger partial charge in [-0.3, -0.25) is 20.2 Å². The SMILES string of the molecule is O=C(OCc1cc([N+](=O)[O-])c(Br)cc1C1CCCC1)OCc1cc([N+](=O)[O-])c(Br)cc1C1CCCC1. The van der Waals surface area contributed by atoms with Crippen molar-refractivity contribution >= 4 is 49.4 Å². The molecule has 0 saturated heterocycles. The molecule has 2 aromatic rings. The first-order valence-corrected chi connectivity index (χ1v) is 13.6. The van der Waals surface area contributed by atoms with Gasteiger partial charge >= 0.3 is 6.16 Å². The monoisotopic (exact) mass is 624 g/mol. The summed E-state index contributed by atoms with van der Waals surface area (Å²) in [4.78, 5) is 34.4. The zero-order chi connectivity index (χ0) is 25.8. The van der Waals surface area contributed by atoms with Crippen molar-refractivity contribution < 1.29 is 24.1 Å². The Labute approximate surface area is 225 Å². The van der Waals surface area contributed by atoms with Crippen molar-refractivity contribution in [3.8, 4) is 0 Å². The van der Waals surface area contributed by atoms with Gasteiger partial charge < -0.3 is 9.47 Å². The van der Waals surface area contributed by atoms with E-state index in [4.69, 9.17) is 9.47 Å². The molecule has 0 N–H and O–H groups in total. The first-order chi connectivity index (χ1) is 17.2. The van der Waals surface area contributed by atoms with Crippen LogP contribution in [0.15, 0.2) is 33.2 Å². The third kappa shape index (κ3) is 6.05. The number of halogens is 2. The lowest BCUT2D eigenvalue weighted by Gasteiger charge is -2.17. The van der Waals surface area contributed by atoms with Gasteiger partial charge in [-0.15, -0.1) is 0 Å². The number of nitro benzene ring substituents is 2. The van der Waals surface area contributed by atoms with Gasteiger partial charge in [-0.2, -0.15) is 0 Å². The fourth-order valence-electron chi connectivity index (χ4n) is 5.32. The minimum absolute atomic E-state index is 0.0907. The Morgan fingerprint density at radius 2 is 1.11 bits per heavy atom. The molecule has 2 fully saturated rings. The van der Waals surface area contributed by atoms with Crippen LogP contribution in [0.25, 0.3) is 0 Å². The van der Waals surface area contributed by atoms with Crippen LogP contribution in [0.5, 0.6) is 0 Å². The molecule has 2 aromatic carbocycles. The lowest BCUT2D eigenvalue weighted by Crippen LogP contribution is -2.11. The van der Waals surface area contributed by atoms with E-state index in [1.807, 2.05) is 0 Å². The fraction of sp³-hybridized carbons (Fsp3) is 0.480. The molecule has 11 heteroatoms. The number of rotatable bonds is 8. The highest BCUT2D eigenvalue weighted by Crippen LogP contribution is 2.41. The van der Waals surface area contributed by atoms with Crippen LogP contribution in [0.2, 0.25) is 0 Å². The van der Waals surface area contributed by atoms with E-state index in [1.165, 1.54) is 12.1 Å². The van der Waals surface area contributed by atoms with Gasteiger partial charge in [0.15, 0.2) is 0 Å². The van der Waals surface area contributed by atoms with E-state index in [0.717, 1.165) is 62.5 Å². The topological polar surface area (TPSA) is 122 Å². The molecular weight excluding hydrogens is 600 g/mol. The summed E-state index contributed by atoms with van der Waals surface area (Å²) in [5.74, 6) is 0.517. The van der Waals surface area contributed by atoms with Gasteiger partial charge in [0, 0.05) is 12.1 Å². The minimum Gasteiger partial charge on any atom is -0.429 e. The van der Waals surface area contributed by atoms with E-state index in [2.05, 4.69) is 31.9 Å². The Morgan fingerprint density at radius 1 is 0.750 bits per heavy atom. The molecule has 2 aliphatic carbocycles. The Hall–Kier alpha value is -2.53. The fourth-order valence-corrected chi connectivity index (χ4v) is 6.33. The summed E-state index contributed by atoms with van der Waals surface area (Å²) < 4.78 is 11.5. The summed E-state index contributed by atoms with van der Waals surface area (Å²) in [6, 6.07) is 6.41. The average molecular weight is 626 g/mol. The number of benzene rings is 2. The third-order valence-electron chi connectivity index (χ3n) is 7.09. The predicted octanol–water partition coefficient (Wildman–Crippen LogP) is 8.20. The lowest BCUT2D eigenvalue weighted by molar-refractivity contribution is -0.385. The molecule has 0 bridgehead atoms. The molecule has 0 heterocycles. The molecule has 0 spiro atoms. The van der Waals surface area contributed by atoms with E-state index >= 15 is 0 Å². The maximum atomic E-state index is 12.5. The van der Waals surface area contributed by atoms with Gasteiger partial charge in [0.05, 0.1) is 18.8 Å². The Morgan fingerprint density at radius 3 is 1.44 bits per heavy atom. The molecule has 9 nitrogen and oxygen atoms in total. The standard InChI is InChI=1S/C25H26Br2N2O7/c26-21-11-19(15-5-1-2-6-15)17(9-23(21)28(31)32)13-35-25(30)36-14-18-10-24(29(33)34)22(27)12-20(18)16-7-3-4-8-16/h9-12,15-16H,1-8,13-14H2. The largest absolute Gasteiger partial charge is 0.508 e. The average Bonchev–Trinajstić information content (AvgIpc) is 3.56. The summed E-state index contributed by atoms with van der Waals surface area (Å²) in [5.41, 5.74) is 2.85. The van der Waals surface area contributed by atoms with E-state index in [0.29, 0.717) is 20.1 Å². The first kappa shape index (κ1) is 26.5. The van der Waals surface area contributed by atoms with Gasteiger partial charge in [-0.25, -0.2) is 4.79 Å². The van der Waals surface area contributed by atoms with E-state index < -0.39 is 16.0 Å². The van der Waals surface area contributed by atoms with Crippen molar-refractivity contribution in [1.29, 1.82) is 0 Å². The molecule has 192 valence electrons. The van der Waals surface area contributed by atoms with Gasteiger partial charge in [0.2, 0.25) is 0 Å². The van der Waals surface area contributed by atoms with E-state index in [9.17, 15) is 25.0 Å². The summed E-state index contributed by atoms with van der Waals surface area (Å²) >= 11 is 6.58. The van der Waals surface area contributed by atoms with Crippen molar-refractivity contribution in [1.82, 2.24) is 0 Å². The van der Waals surface area contributed by atoms with Crippen LogP contribution in [0, 0.1) is 20.2 Å².